The molecule has 0 atom stereocenters. The van der Waals surface area contributed by atoms with Crippen LogP contribution < -0.4 is 10.2 Å². The van der Waals surface area contributed by atoms with Crippen LogP contribution in [0, 0.1) is 0 Å². The predicted octanol–water partition coefficient (Wildman–Crippen LogP) is 2.33. The fraction of sp³-hybridized carbons (Fsp3) is 0.471. The Hall–Kier alpha value is -2.19. The summed E-state index contributed by atoms with van der Waals surface area (Å²) < 4.78 is 2.10. The van der Waals surface area contributed by atoms with Crippen molar-refractivity contribution < 1.29 is 0 Å². The van der Waals surface area contributed by atoms with E-state index >= 15 is 0 Å². The molecule has 7 nitrogen and oxygen atoms in total. The number of thiazole rings is 1. The first-order valence-corrected chi connectivity index (χ1v) is 9.45. The first kappa shape index (κ1) is 16.3. The summed E-state index contributed by atoms with van der Waals surface area (Å²) in [5, 5.41) is 5.62. The number of fused-ring (bicyclic) bond motifs is 1. The quantitative estimate of drug-likeness (QED) is 0.756. The van der Waals surface area contributed by atoms with Crippen molar-refractivity contribution >= 4 is 27.9 Å². The highest BCUT2D eigenvalue weighted by Crippen LogP contribution is 2.19. The number of nitrogens with zero attached hydrogens (tertiary/aromatic N) is 6. The third-order valence-corrected chi connectivity index (χ3v) is 5.35. The van der Waals surface area contributed by atoms with Crippen LogP contribution in [0.15, 0.2) is 30.2 Å². The fourth-order valence-electron chi connectivity index (χ4n) is 3.20. The van der Waals surface area contributed by atoms with E-state index < -0.39 is 0 Å². The van der Waals surface area contributed by atoms with Gasteiger partial charge in [0.15, 0.2) is 4.96 Å². The highest BCUT2D eigenvalue weighted by Gasteiger charge is 2.20. The summed E-state index contributed by atoms with van der Waals surface area (Å²) in [7, 11) is 3.98. The molecule has 1 N–H and O–H groups in total. The molecular weight excluding hydrogens is 334 g/mol. The lowest BCUT2D eigenvalue weighted by Gasteiger charge is -2.32. The maximum atomic E-state index is 4.68. The number of nitrogens with one attached hydrogen (secondary N) is 1. The molecule has 0 unspecified atom stereocenters. The van der Waals surface area contributed by atoms with Gasteiger partial charge in [0.25, 0.3) is 0 Å². The van der Waals surface area contributed by atoms with Crippen LogP contribution in [-0.4, -0.2) is 57.5 Å². The van der Waals surface area contributed by atoms with Gasteiger partial charge in [-0.25, -0.2) is 15.0 Å². The molecule has 0 aliphatic carbocycles. The third-order valence-electron chi connectivity index (χ3n) is 4.58. The molecule has 1 saturated heterocycles. The lowest BCUT2D eigenvalue weighted by atomic mass is 10.0. The molecule has 0 aromatic carbocycles. The van der Waals surface area contributed by atoms with Gasteiger partial charge in [0, 0.05) is 63.6 Å². The second kappa shape index (κ2) is 6.97. The Balaban J connectivity index is 1.30. The van der Waals surface area contributed by atoms with Crippen LogP contribution in [0.1, 0.15) is 18.5 Å². The molecule has 1 aliphatic rings. The van der Waals surface area contributed by atoms with Gasteiger partial charge in [-0.2, -0.15) is 0 Å². The summed E-state index contributed by atoms with van der Waals surface area (Å²) in [6.07, 6.45) is 8.06. The molecule has 3 aromatic heterocycles. The smallest absolute Gasteiger partial charge is 0.193 e. The van der Waals surface area contributed by atoms with E-state index in [-0.39, 0.29) is 0 Å². The first-order valence-electron chi connectivity index (χ1n) is 8.57. The van der Waals surface area contributed by atoms with Crippen LogP contribution in [0.4, 0.5) is 11.6 Å². The van der Waals surface area contributed by atoms with Gasteiger partial charge in [0.2, 0.25) is 0 Å². The molecule has 1 aliphatic heterocycles. The summed E-state index contributed by atoms with van der Waals surface area (Å²) >= 11 is 1.68. The van der Waals surface area contributed by atoms with Crippen molar-refractivity contribution in [2.75, 3.05) is 37.4 Å². The van der Waals surface area contributed by atoms with E-state index in [1.165, 1.54) is 0 Å². The van der Waals surface area contributed by atoms with Crippen LogP contribution >= 0.6 is 11.3 Å². The number of aromatic nitrogens is 4. The number of hydrogen-bond acceptors (Lipinski definition) is 7. The van der Waals surface area contributed by atoms with E-state index in [1.54, 1.807) is 17.7 Å². The Morgan fingerprint density at radius 1 is 1.28 bits per heavy atom. The molecular formula is C17H23N7S. The van der Waals surface area contributed by atoms with Crippen molar-refractivity contribution in [2.24, 2.45) is 0 Å². The van der Waals surface area contributed by atoms with Crippen molar-refractivity contribution in [3.63, 3.8) is 0 Å². The zero-order valence-corrected chi connectivity index (χ0v) is 15.4. The summed E-state index contributed by atoms with van der Waals surface area (Å²) in [5.74, 6) is 1.83. The molecule has 25 heavy (non-hydrogen) atoms. The van der Waals surface area contributed by atoms with Crippen LogP contribution in [0.2, 0.25) is 0 Å². The Kier molecular flexibility index (Phi) is 4.54. The summed E-state index contributed by atoms with van der Waals surface area (Å²) in [4.78, 5) is 18.8. The summed E-state index contributed by atoms with van der Waals surface area (Å²) in [6.45, 7) is 3.09. The minimum absolute atomic E-state index is 0.464. The molecule has 0 saturated carbocycles. The average Bonchev–Trinajstić information content (AvgIpc) is 3.18. The second-order valence-electron chi connectivity index (χ2n) is 6.68. The van der Waals surface area contributed by atoms with E-state index in [2.05, 4.69) is 47.3 Å². The molecule has 0 bridgehead atoms. The van der Waals surface area contributed by atoms with Crippen LogP contribution in [0.25, 0.3) is 4.96 Å². The molecule has 0 spiro atoms. The molecule has 8 heteroatoms. The van der Waals surface area contributed by atoms with Gasteiger partial charge < -0.3 is 10.2 Å². The van der Waals surface area contributed by atoms with E-state index in [0.29, 0.717) is 6.04 Å². The maximum absolute atomic E-state index is 4.68. The van der Waals surface area contributed by atoms with Crippen LogP contribution in [0.3, 0.4) is 0 Å². The van der Waals surface area contributed by atoms with Gasteiger partial charge >= 0.3 is 0 Å². The highest BCUT2D eigenvalue weighted by molar-refractivity contribution is 7.15. The first-order chi connectivity index (χ1) is 12.2. The number of hydrogen-bond donors (Lipinski definition) is 1. The van der Waals surface area contributed by atoms with Crippen molar-refractivity contribution in [1.29, 1.82) is 0 Å². The highest BCUT2D eigenvalue weighted by atomic mass is 32.1. The van der Waals surface area contributed by atoms with Crippen molar-refractivity contribution in [2.45, 2.75) is 25.4 Å². The number of rotatable bonds is 5. The monoisotopic (exact) mass is 357 g/mol. The van der Waals surface area contributed by atoms with Gasteiger partial charge in [0.1, 0.15) is 18.0 Å². The lowest BCUT2D eigenvalue weighted by molar-refractivity contribution is 0.209. The maximum Gasteiger partial charge on any atom is 0.193 e. The van der Waals surface area contributed by atoms with Gasteiger partial charge in [-0.15, -0.1) is 11.3 Å². The predicted molar refractivity (Wildman–Crippen MR) is 101 cm³/mol. The molecule has 1 fully saturated rings. The number of anilines is 2. The normalized spacial score (nSPS) is 16.4. The third kappa shape index (κ3) is 3.74. The van der Waals surface area contributed by atoms with E-state index in [4.69, 9.17) is 0 Å². The zero-order chi connectivity index (χ0) is 17.2. The number of piperidine rings is 1. The van der Waals surface area contributed by atoms with Crippen LogP contribution in [-0.2, 0) is 6.54 Å². The Morgan fingerprint density at radius 2 is 2.12 bits per heavy atom. The van der Waals surface area contributed by atoms with Gasteiger partial charge in [0.05, 0.1) is 5.69 Å². The minimum atomic E-state index is 0.464. The van der Waals surface area contributed by atoms with Gasteiger partial charge in [-0.1, -0.05) is 0 Å². The Bertz CT molecular complexity index is 804. The minimum Gasteiger partial charge on any atom is -0.367 e. The SMILES string of the molecule is CN(C)c1cc(NC2CCN(Cc3cn4ccsc4n3)CC2)ncn1. The standard InChI is InChI=1S/C17H23N7S/c1-22(2)16-9-15(18-12-19-16)20-13-3-5-23(6-4-13)10-14-11-24-7-8-25-17(24)21-14/h7-9,11-13H,3-6,10H2,1-2H3,(H,18,19,20). The molecule has 0 radical (unpaired) electrons. The van der Waals surface area contributed by atoms with Crippen molar-refractivity contribution in [3.8, 4) is 0 Å². The van der Waals surface area contributed by atoms with E-state index in [0.717, 1.165) is 54.8 Å². The van der Waals surface area contributed by atoms with Gasteiger partial charge in [-0.3, -0.25) is 9.30 Å². The fourth-order valence-corrected chi connectivity index (χ4v) is 3.92. The van der Waals surface area contributed by atoms with E-state index in [1.807, 2.05) is 25.1 Å². The Labute approximate surface area is 151 Å². The largest absolute Gasteiger partial charge is 0.367 e. The topological polar surface area (TPSA) is 61.6 Å². The number of likely N-dealkylation sites (tertiary alicyclic amines) is 1. The average molecular weight is 357 g/mol. The van der Waals surface area contributed by atoms with Gasteiger partial charge in [-0.05, 0) is 12.8 Å². The molecule has 0 amide bonds. The molecule has 4 heterocycles. The van der Waals surface area contributed by atoms with Crippen molar-refractivity contribution in [1.82, 2.24) is 24.3 Å². The molecule has 3 aromatic rings. The summed E-state index contributed by atoms with van der Waals surface area (Å²) in [5.41, 5.74) is 1.16. The lowest BCUT2D eigenvalue weighted by Crippen LogP contribution is -2.38. The Morgan fingerprint density at radius 3 is 2.88 bits per heavy atom. The molecule has 132 valence electrons. The second-order valence-corrected chi connectivity index (χ2v) is 7.55. The summed E-state index contributed by atoms with van der Waals surface area (Å²) in [6, 6.07) is 2.47. The molecule has 4 rings (SSSR count). The van der Waals surface area contributed by atoms with Crippen LogP contribution in [0.5, 0.6) is 0 Å². The van der Waals surface area contributed by atoms with E-state index in [9.17, 15) is 0 Å². The van der Waals surface area contributed by atoms with Crippen molar-refractivity contribution in [3.05, 3.63) is 35.9 Å². The zero-order valence-electron chi connectivity index (χ0n) is 14.6. The number of imidazole rings is 1.